The van der Waals surface area contributed by atoms with Gasteiger partial charge in [-0.15, -0.1) is 0 Å². The van der Waals surface area contributed by atoms with E-state index in [-0.39, 0.29) is 16.7 Å². The zero-order chi connectivity index (χ0) is 25.5. The van der Waals surface area contributed by atoms with Gasteiger partial charge >= 0.3 is 17.9 Å². The maximum absolute atomic E-state index is 13.0. The molecule has 0 aromatic heterocycles. The van der Waals surface area contributed by atoms with E-state index in [1.54, 1.807) is 97.9 Å². The van der Waals surface area contributed by atoms with Crippen molar-refractivity contribution in [1.29, 1.82) is 0 Å². The number of hydrogen-bond donors (Lipinski definition) is 1. The molecule has 1 fully saturated rings. The second kappa shape index (κ2) is 11.6. The molecule has 0 amide bonds. The van der Waals surface area contributed by atoms with Crippen LogP contribution in [0.1, 0.15) is 44.4 Å². The fourth-order valence-electron chi connectivity index (χ4n) is 3.92. The molecule has 1 saturated heterocycles. The van der Waals surface area contributed by atoms with E-state index in [1.807, 2.05) is 0 Å². The van der Waals surface area contributed by atoms with Crippen LogP contribution >= 0.6 is 0 Å². The van der Waals surface area contributed by atoms with E-state index in [9.17, 15) is 19.5 Å². The first kappa shape index (κ1) is 25.1. The normalized spacial score (nSPS) is 23.3. The molecule has 8 heteroatoms. The molecule has 0 bridgehead atoms. The van der Waals surface area contributed by atoms with Crippen LogP contribution in [0.15, 0.2) is 91.0 Å². The van der Waals surface area contributed by atoms with E-state index in [2.05, 4.69) is 0 Å². The Labute approximate surface area is 208 Å². The van der Waals surface area contributed by atoms with Crippen molar-refractivity contribution in [1.82, 2.24) is 0 Å². The number of ether oxygens (including phenoxy) is 4. The molecule has 3 aromatic carbocycles. The Morgan fingerprint density at radius 2 is 1.00 bits per heavy atom. The highest BCUT2D eigenvalue weighted by molar-refractivity contribution is 5.91. The van der Waals surface area contributed by atoms with Crippen LogP contribution in [0.5, 0.6) is 0 Å². The number of benzene rings is 3. The molecule has 0 aliphatic carbocycles. The molecular formula is C28H26O8. The quantitative estimate of drug-likeness (QED) is 0.394. The number of esters is 3. The van der Waals surface area contributed by atoms with Crippen LogP contribution in [0.3, 0.4) is 0 Å². The Morgan fingerprint density at radius 3 is 1.39 bits per heavy atom. The number of rotatable bonds is 7. The average Bonchev–Trinajstić information content (AvgIpc) is 2.93. The predicted octanol–water partition coefficient (Wildman–Crippen LogP) is 3.79. The predicted molar refractivity (Wildman–Crippen MR) is 128 cm³/mol. The number of hydrogen-bond acceptors (Lipinski definition) is 8. The molecule has 1 N–H and O–H groups in total. The number of carbonyl (C=O) groups excluding carboxylic acids is 3. The summed E-state index contributed by atoms with van der Waals surface area (Å²) in [5, 5.41) is 10.8. The summed E-state index contributed by atoms with van der Waals surface area (Å²) in [4.78, 5) is 38.7. The van der Waals surface area contributed by atoms with Gasteiger partial charge in [0.1, 0.15) is 6.10 Å². The van der Waals surface area contributed by atoms with Crippen molar-refractivity contribution in [3.63, 3.8) is 0 Å². The van der Waals surface area contributed by atoms with E-state index in [1.165, 1.54) is 0 Å². The lowest BCUT2D eigenvalue weighted by Crippen LogP contribution is -2.61. The minimum atomic E-state index is -1.62. The lowest BCUT2D eigenvalue weighted by Gasteiger charge is -2.43. The van der Waals surface area contributed by atoms with Gasteiger partial charge in [0.2, 0.25) is 0 Å². The zero-order valence-electron chi connectivity index (χ0n) is 19.6. The molecule has 8 nitrogen and oxygen atoms in total. The Morgan fingerprint density at radius 1 is 0.639 bits per heavy atom. The number of aliphatic hydroxyl groups is 1. The lowest BCUT2D eigenvalue weighted by atomic mass is 9.96. The molecule has 0 radical (unpaired) electrons. The monoisotopic (exact) mass is 490 g/mol. The fourth-order valence-corrected chi connectivity index (χ4v) is 3.92. The van der Waals surface area contributed by atoms with Crippen LogP contribution in [0, 0.1) is 0 Å². The first-order valence-electron chi connectivity index (χ1n) is 11.6. The molecule has 5 atom stereocenters. The Hall–Kier alpha value is -4.01. The van der Waals surface area contributed by atoms with Gasteiger partial charge in [-0.05, 0) is 42.8 Å². The second-order valence-corrected chi connectivity index (χ2v) is 8.18. The summed E-state index contributed by atoms with van der Waals surface area (Å²) in [6, 6.07) is 24.7. The van der Waals surface area contributed by atoms with Crippen LogP contribution in [0.2, 0.25) is 0 Å². The largest absolute Gasteiger partial charge is 0.452 e. The molecular weight excluding hydrogens is 464 g/mol. The van der Waals surface area contributed by atoms with Crippen molar-refractivity contribution < 1.29 is 38.4 Å². The van der Waals surface area contributed by atoms with Gasteiger partial charge < -0.3 is 24.1 Å². The minimum absolute atomic E-state index is 0.230. The van der Waals surface area contributed by atoms with Gasteiger partial charge in [0.15, 0.2) is 24.6 Å². The van der Waals surface area contributed by atoms with Gasteiger partial charge in [0.25, 0.3) is 0 Å². The molecule has 0 spiro atoms. The maximum atomic E-state index is 13.0. The van der Waals surface area contributed by atoms with Crippen molar-refractivity contribution >= 4 is 17.9 Å². The third-order valence-electron chi connectivity index (χ3n) is 5.77. The van der Waals surface area contributed by atoms with Crippen LogP contribution in [-0.2, 0) is 18.9 Å². The summed E-state index contributed by atoms with van der Waals surface area (Å²) < 4.78 is 22.7. The molecule has 1 aliphatic rings. The van der Waals surface area contributed by atoms with Gasteiger partial charge in [-0.2, -0.15) is 0 Å². The summed E-state index contributed by atoms with van der Waals surface area (Å²) >= 11 is 0. The molecule has 4 rings (SSSR count). The van der Waals surface area contributed by atoms with Crippen LogP contribution in [0.4, 0.5) is 0 Å². The third-order valence-corrected chi connectivity index (χ3v) is 5.77. The highest BCUT2D eigenvalue weighted by atomic mass is 16.7. The van der Waals surface area contributed by atoms with Gasteiger partial charge in [0, 0.05) is 0 Å². The Kier molecular flexibility index (Phi) is 8.10. The summed E-state index contributed by atoms with van der Waals surface area (Å²) in [6.07, 6.45) is -6.08. The van der Waals surface area contributed by atoms with Crippen LogP contribution < -0.4 is 0 Å². The van der Waals surface area contributed by atoms with Crippen molar-refractivity contribution in [2.24, 2.45) is 0 Å². The smallest absolute Gasteiger partial charge is 0.338 e. The average molecular weight is 491 g/mol. The Bertz CT molecular complexity index is 1170. The minimum Gasteiger partial charge on any atom is -0.452 e. The molecule has 1 aliphatic heterocycles. The molecule has 1 heterocycles. The summed E-state index contributed by atoms with van der Waals surface area (Å²) in [6.45, 7) is 1.77. The Balaban J connectivity index is 1.66. The number of carbonyl (C=O) groups is 3. The highest BCUT2D eigenvalue weighted by Crippen LogP contribution is 2.31. The van der Waals surface area contributed by atoms with Crippen LogP contribution in [-0.4, -0.2) is 53.7 Å². The topological polar surface area (TPSA) is 108 Å². The first-order valence-corrected chi connectivity index (χ1v) is 11.6. The SMILES string of the molecule is CCC1OC(O)C(OC(=O)c2ccccc2)[C@H](OC(=O)c2ccccc2)[C@@H]1OC(=O)c1ccccc1. The first-order chi connectivity index (χ1) is 17.5. The molecule has 3 aromatic rings. The zero-order valence-corrected chi connectivity index (χ0v) is 19.6. The van der Waals surface area contributed by atoms with Crippen molar-refractivity contribution in [3.8, 4) is 0 Å². The molecule has 186 valence electrons. The molecule has 3 unspecified atom stereocenters. The highest BCUT2D eigenvalue weighted by Gasteiger charge is 2.51. The third kappa shape index (κ3) is 5.79. The fraction of sp³-hybridized carbons (Fsp3) is 0.250. The van der Waals surface area contributed by atoms with Gasteiger partial charge in [0.05, 0.1) is 16.7 Å². The van der Waals surface area contributed by atoms with Crippen molar-refractivity contribution in [3.05, 3.63) is 108 Å². The van der Waals surface area contributed by atoms with E-state index < -0.39 is 48.6 Å². The summed E-state index contributed by atoms with van der Waals surface area (Å²) in [5.74, 6) is -2.16. The number of aliphatic hydroxyl groups excluding tert-OH is 1. The molecule has 36 heavy (non-hydrogen) atoms. The second-order valence-electron chi connectivity index (χ2n) is 8.18. The standard InChI is InChI=1S/C28H26O8/c1-2-21-22(34-25(29)18-12-6-3-7-13-18)23(35-26(30)19-14-8-4-9-15-19)24(28(32)33-21)36-27(31)20-16-10-5-11-17-20/h3-17,21-24,28,32H,2H2,1H3/t21?,22-,23-,24?,28?/m1/s1. The van der Waals surface area contributed by atoms with Gasteiger partial charge in [-0.3, -0.25) is 0 Å². The van der Waals surface area contributed by atoms with Gasteiger partial charge in [-0.25, -0.2) is 14.4 Å². The van der Waals surface area contributed by atoms with E-state index in [0.29, 0.717) is 6.42 Å². The lowest BCUT2D eigenvalue weighted by molar-refractivity contribution is -0.279. The summed E-state index contributed by atoms with van der Waals surface area (Å²) in [5.41, 5.74) is 0.755. The van der Waals surface area contributed by atoms with Crippen molar-refractivity contribution in [2.45, 2.75) is 44.1 Å². The van der Waals surface area contributed by atoms with E-state index >= 15 is 0 Å². The van der Waals surface area contributed by atoms with E-state index in [0.717, 1.165) is 0 Å². The molecule has 0 saturated carbocycles. The van der Waals surface area contributed by atoms with Crippen LogP contribution in [0.25, 0.3) is 0 Å². The van der Waals surface area contributed by atoms with E-state index in [4.69, 9.17) is 18.9 Å². The summed E-state index contributed by atoms with van der Waals surface area (Å²) in [7, 11) is 0. The maximum Gasteiger partial charge on any atom is 0.338 e. The van der Waals surface area contributed by atoms with Crippen molar-refractivity contribution in [2.75, 3.05) is 0 Å². The van der Waals surface area contributed by atoms with Gasteiger partial charge in [-0.1, -0.05) is 61.5 Å².